The second-order valence-corrected chi connectivity index (χ2v) is 4.25. The number of H-pyrrole nitrogens is 1. The van der Waals surface area contributed by atoms with Crippen LogP contribution in [0, 0.1) is 17.5 Å². The number of nitrogens with one attached hydrogen (secondary N) is 2. The number of hydrogen-bond acceptors (Lipinski definition) is 3. The van der Waals surface area contributed by atoms with Crippen LogP contribution in [0.2, 0.25) is 0 Å². The smallest absolute Gasteiger partial charge is 0.131 e. The summed E-state index contributed by atoms with van der Waals surface area (Å²) in [6, 6.07) is 1.85. The highest BCUT2D eigenvalue weighted by atomic mass is 32.1. The van der Waals surface area contributed by atoms with Crippen molar-refractivity contribution in [2.24, 2.45) is 5.92 Å². The van der Waals surface area contributed by atoms with Crippen LogP contribution in [-0.4, -0.2) is 16.5 Å². The van der Waals surface area contributed by atoms with Crippen LogP contribution < -0.4 is 5.32 Å². The summed E-state index contributed by atoms with van der Waals surface area (Å²) < 4.78 is 0.633. The van der Waals surface area contributed by atoms with Gasteiger partial charge in [0.1, 0.15) is 16.3 Å². The zero-order valence-electron chi connectivity index (χ0n) is 8.92. The molecule has 4 heteroatoms. The van der Waals surface area contributed by atoms with E-state index in [0.29, 0.717) is 10.6 Å². The van der Waals surface area contributed by atoms with Crippen LogP contribution in [0.1, 0.15) is 26.1 Å². The molecule has 2 N–H and O–H groups in total. The second kappa shape index (κ2) is 5.10. The molecular formula is C10H17N3S. The SMILES string of the molecule is Cc1nc(=S)cc(NCCC(C)C)[nH]1. The van der Waals surface area contributed by atoms with Crippen molar-refractivity contribution in [3.8, 4) is 0 Å². The molecule has 0 atom stereocenters. The van der Waals surface area contributed by atoms with Crippen molar-refractivity contribution < 1.29 is 0 Å². The lowest BCUT2D eigenvalue weighted by molar-refractivity contribution is 0.606. The average Bonchev–Trinajstić information content (AvgIpc) is 2.01. The molecule has 1 rings (SSSR count). The van der Waals surface area contributed by atoms with E-state index in [4.69, 9.17) is 12.2 Å². The Labute approximate surface area is 90.0 Å². The summed E-state index contributed by atoms with van der Waals surface area (Å²) >= 11 is 5.02. The predicted octanol–water partition coefficient (Wildman–Crippen LogP) is 2.91. The van der Waals surface area contributed by atoms with Gasteiger partial charge >= 0.3 is 0 Å². The van der Waals surface area contributed by atoms with Crippen LogP contribution >= 0.6 is 12.2 Å². The number of anilines is 1. The van der Waals surface area contributed by atoms with Gasteiger partial charge < -0.3 is 10.3 Å². The van der Waals surface area contributed by atoms with E-state index in [1.54, 1.807) is 0 Å². The topological polar surface area (TPSA) is 40.7 Å². The molecule has 0 aliphatic rings. The lowest BCUT2D eigenvalue weighted by Gasteiger charge is -2.08. The highest BCUT2D eigenvalue weighted by molar-refractivity contribution is 7.71. The molecule has 0 spiro atoms. The standard InChI is InChI=1S/C10H17N3S/c1-7(2)4-5-11-9-6-10(14)13-8(3)12-9/h6-7H,4-5H2,1-3H3,(H2,11,12,13,14). The summed E-state index contributed by atoms with van der Waals surface area (Å²) in [5, 5.41) is 3.30. The number of hydrogen-bond donors (Lipinski definition) is 2. The lowest BCUT2D eigenvalue weighted by atomic mass is 10.1. The van der Waals surface area contributed by atoms with Gasteiger partial charge in [-0.1, -0.05) is 26.1 Å². The average molecular weight is 211 g/mol. The Morgan fingerprint density at radius 1 is 1.57 bits per heavy atom. The maximum atomic E-state index is 5.02. The van der Waals surface area contributed by atoms with Crippen molar-refractivity contribution in [2.45, 2.75) is 27.2 Å². The van der Waals surface area contributed by atoms with E-state index in [1.807, 2.05) is 13.0 Å². The van der Waals surface area contributed by atoms with E-state index in [-0.39, 0.29) is 0 Å². The fraction of sp³-hybridized carbons (Fsp3) is 0.600. The first-order chi connectivity index (χ1) is 6.58. The zero-order valence-corrected chi connectivity index (χ0v) is 9.74. The molecule has 0 aromatic carbocycles. The summed E-state index contributed by atoms with van der Waals surface area (Å²) in [4.78, 5) is 7.23. The third-order valence-electron chi connectivity index (χ3n) is 1.90. The van der Waals surface area contributed by atoms with Gasteiger partial charge in [-0.3, -0.25) is 0 Å². The first-order valence-electron chi connectivity index (χ1n) is 4.90. The molecular weight excluding hydrogens is 194 g/mol. The van der Waals surface area contributed by atoms with E-state index in [0.717, 1.165) is 24.6 Å². The molecule has 1 aromatic heterocycles. The first-order valence-corrected chi connectivity index (χ1v) is 5.30. The van der Waals surface area contributed by atoms with E-state index >= 15 is 0 Å². The van der Waals surface area contributed by atoms with Gasteiger partial charge in [-0.25, -0.2) is 4.98 Å². The van der Waals surface area contributed by atoms with Crippen molar-refractivity contribution in [3.05, 3.63) is 16.5 Å². The van der Waals surface area contributed by atoms with Gasteiger partial charge in [-0.05, 0) is 19.3 Å². The fourth-order valence-corrected chi connectivity index (χ4v) is 1.43. The summed E-state index contributed by atoms with van der Waals surface area (Å²) in [6.07, 6.45) is 1.15. The molecule has 0 unspecified atom stereocenters. The van der Waals surface area contributed by atoms with E-state index < -0.39 is 0 Å². The number of aryl methyl sites for hydroxylation is 1. The maximum Gasteiger partial charge on any atom is 0.131 e. The van der Waals surface area contributed by atoms with Gasteiger partial charge in [0.05, 0.1) is 0 Å². The number of nitrogens with zero attached hydrogens (tertiary/aromatic N) is 1. The Bertz CT molecular complexity index is 343. The predicted molar refractivity (Wildman–Crippen MR) is 62.1 cm³/mol. The van der Waals surface area contributed by atoms with Crippen LogP contribution in [-0.2, 0) is 0 Å². The third-order valence-corrected chi connectivity index (χ3v) is 2.11. The van der Waals surface area contributed by atoms with Crippen molar-refractivity contribution in [1.82, 2.24) is 9.97 Å². The summed E-state index contributed by atoms with van der Waals surface area (Å²) in [5.41, 5.74) is 0. The van der Waals surface area contributed by atoms with Crippen LogP contribution in [0.3, 0.4) is 0 Å². The molecule has 1 heterocycles. The first kappa shape index (κ1) is 11.2. The number of rotatable bonds is 4. The van der Waals surface area contributed by atoms with Gasteiger partial charge in [0, 0.05) is 12.6 Å². The quantitative estimate of drug-likeness (QED) is 0.752. The van der Waals surface area contributed by atoms with Gasteiger partial charge in [0.2, 0.25) is 0 Å². The van der Waals surface area contributed by atoms with Gasteiger partial charge in [-0.15, -0.1) is 0 Å². The Hall–Kier alpha value is -0.900. The van der Waals surface area contributed by atoms with Crippen LogP contribution in [0.15, 0.2) is 6.07 Å². The number of aromatic nitrogens is 2. The zero-order chi connectivity index (χ0) is 10.6. The molecule has 0 bridgehead atoms. The molecule has 14 heavy (non-hydrogen) atoms. The Morgan fingerprint density at radius 3 is 2.86 bits per heavy atom. The Balaban J connectivity index is 2.55. The van der Waals surface area contributed by atoms with E-state index in [1.165, 1.54) is 0 Å². The van der Waals surface area contributed by atoms with E-state index in [9.17, 15) is 0 Å². The van der Waals surface area contributed by atoms with Crippen molar-refractivity contribution >= 4 is 18.0 Å². The monoisotopic (exact) mass is 211 g/mol. The van der Waals surface area contributed by atoms with E-state index in [2.05, 4.69) is 29.1 Å². The molecule has 0 amide bonds. The molecule has 1 aromatic rings. The molecule has 0 aliphatic heterocycles. The van der Waals surface area contributed by atoms with Gasteiger partial charge in [0.25, 0.3) is 0 Å². The molecule has 0 aliphatic carbocycles. The molecule has 0 saturated heterocycles. The summed E-state index contributed by atoms with van der Waals surface area (Å²) in [5.74, 6) is 2.53. The molecule has 3 nitrogen and oxygen atoms in total. The van der Waals surface area contributed by atoms with Crippen LogP contribution in [0.25, 0.3) is 0 Å². The molecule has 0 saturated carbocycles. The summed E-state index contributed by atoms with van der Waals surface area (Å²) in [6.45, 7) is 7.29. The maximum absolute atomic E-state index is 5.02. The van der Waals surface area contributed by atoms with Gasteiger partial charge in [0.15, 0.2) is 0 Å². The third kappa shape index (κ3) is 3.87. The minimum absolute atomic E-state index is 0.633. The molecule has 78 valence electrons. The van der Waals surface area contributed by atoms with Crippen LogP contribution in [0.4, 0.5) is 5.82 Å². The van der Waals surface area contributed by atoms with Crippen LogP contribution in [0.5, 0.6) is 0 Å². The largest absolute Gasteiger partial charge is 0.372 e. The minimum atomic E-state index is 0.633. The highest BCUT2D eigenvalue weighted by Crippen LogP contribution is 2.05. The summed E-state index contributed by atoms with van der Waals surface area (Å²) in [7, 11) is 0. The van der Waals surface area contributed by atoms with Gasteiger partial charge in [-0.2, -0.15) is 0 Å². The molecule has 0 radical (unpaired) electrons. The lowest BCUT2D eigenvalue weighted by Crippen LogP contribution is -2.07. The van der Waals surface area contributed by atoms with Crippen molar-refractivity contribution in [1.29, 1.82) is 0 Å². The Kier molecular flexibility index (Phi) is 4.07. The number of aromatic amines is 1. The van der Waals surface area contributed by atoms with Crippen molar-refractivity contribution in [3.63, 3.8) is 0 Å². The van der Waals surface area contributed by atoms with Crippen molar-refractivity contribution in [2.75, 3.05) is 11.9 Å². The fourth-order valence-electron chi connectivity index (χ4n) is 1.17. The molecule has 0 fully saturated rings. The normalized spacial score (nSPS) is 10.6. The minimum Gasteiger partial charge on any atom is -0.372 e. The Morgan fingerprint density at radius 2 is 2.29 bits per heavy atom. The second-order valence-electron chi connectivity index (χ2n) is 3.83. The highest BCUT2D eigenvalue weighted by Gasteiger charge is 1.96.